The minimum absolute atomic E-state index is 0.0114. The molecule has 0 amide bonds. The molecule has 122 valence electrons. The third-order valence-corrected chi connectivity index (χ3v) is 9.30. The van der Waals surface area contributed by atoms with Crippen molar-refractivity contribution in [3.8, 4) is 11.5 Å². The summed E-state index contributed by atoms with van der Waals surface area (Å²) >= 11 is 0. The van der Waals surface area contributed by atoms with Crippen molar-refractivity contribution >= 4 is 16.4 Å². The van der Waals surface area contributed by atoms with E-state index in [0.717, 1.165) is 0 Å². The van der Waals surface area contributed by atoms with Crippen LogP contribution in [0, 0.1) is 11.5 Å². The Morgan fingerprint density at radius 3 is 2.10 bits per heavy atom. The van der Waals surface area contributed by atoms with Crippen LogP contribution in [0.2, 0.25) is 37.8 Å². The van der Waals surface area contributed by atoms with Crippen LogP contribution in [0.1, 0.15) is 33.6 Å². The van der Waals surface area contributed by atoms with Crippen LogP contribution >= 0.6 is 0 Å². The Bertz CT molecular complexity index is 392. The van der Waals surface area contributed by atoms with Crippen LogP contribution in [0.25, 0.3) is 0 Å². The second-order valence-electron chi connectivity index (χ2n) is 8.29. The zero-order chi connectivity index (χ0) is 16.9. The van der Waals surface area contributed by atoms with Gasteiger partial charge in [0.2, 0.25) is 0 Å². The second-order valence-corrected chi connectivity index (χ2v) is 17.8. The highest BCUT2D eigenvalue weighted by Crippen LogP contribution is 2.38. The lowest BCUT2D eigenvalue weighted by Crippen LogP contribution is -2.44. The first-order chi connectivity index (χ1) is 9.28. The fourth-order valence-electron chi connectivity index (χ4n) is 1.56. The molecule has 0 aromatic heterocycles. The highest BCUT2D eigenvalue weighted by Gasteiger charge is 2.39. The average Bonchev–Trinajstić information content (AvgIpc) is 2.24. The van der Waals surface area contributed by atoms with Gasteiger partial charge in [-0.15, -0.1) is 18.0 Å². The van der Waals surface area contributed by atoms with E-state index in [1.54, 1.807) is 6.08 Å². The van der Waals surface area contributed by atoms with Crippen molar-refractivity contribution in [3.05, 3.63) is 12.7 Å². The van der Waals surface area contributed by atoms with Gasteiger partial charge in [-0.2, -0.15) is 0 Å². The number of aliphatic hydroxyl groups excluding tert-OH is 1. The quantitative estimate of drug-likeness (QED) is 0.439. The van der Waals surface area contributed by atoms with E-state index in [2.05, 4.69) is 71.5 Å². The Kier molecular flexibility index (Phi) is 7.65. The van der Waals surface area contributed by atoms with E-state index in [1.807, 2.05) is 0 Å². The van der Waals surface area contributed by atoms with Crippen molar-refractivity contribution in [2.24, 2.45) is 0 Å². The zero-order valence-corrected chi connectivity index (χ0v) is 17.2. The van der Waals surface area contributed by atoms with Crippen LogP contribution in [-0.4, -0.2) is 33.7 Å². The van der Waals surface area contributed by atoms with Gasteiger partial charge in [-0.3, -0.25) is 0 Å². The fourth-order valence-corrected chi connectivity index (χ4v) is 3.56. The fraction of sp³-hybridized carbons (Fsp3) is 0.765. The van der Waals surface area contributed by atoms with Crippen LogP contribution in [0.15, 0.2) is 12.7 Å². The molecule has 0 unspecified atom stereocenters. The summed E-state index contributed by atoms with van der Waals surface area (Å²) in [6, 6.07) is 0. The molecule has 0 saturated carbocycles. The highest BCUT2D eigenvalue weighted by molar-refractivity contribution is 6.83. The predicted molar refractivity (Wildman–Crippen MR) is 98.6 cm³/mol. The van der Waals surface area contributed by atoms with Gasteiger partial charge in [0.15, 0.2) is 8.32 Å². The second kappa shape index (κ2) is 7.78. The molecule has 0 saturated heterocycles. The van der Waals surface area contributed by atoms with Crippen molar-refractivity contribution in [1.29, 1.82) is 0 Å². The molecule has 0 aliphatic heterocycles. The van der Waals surface area contributed by atoms with Crippen molar-refractivity contribution in [2.75, 3.05) is 0 Å². The number of hydrogen-bond donors (Lipinski definition) is 1. The summed E-state index contributed by atoms with van der Waals surface area (Å²) in [5, 5.41) is 10.0. The van der Waals surface area contributed by atoms with Crippen molar-refractivity contribution in [2.45, 2.75) is 83.6 Å². The zero-order valence-electron chi connectivity index (χ0n) is 15.2. The van der Waals surface area contributed by atoms with Crippen molar-refractivity contribution < 1.29 is 9.53 Å². The molecule has 0 fully saturated rings. The molecular formula is C17H34O2Si2. The largest absolute Gasteiger partial charge is 0.413 e. The summed E-state index contributed by atoms with van der Waals surface area (Å²) in [6.07, 6.45) is 2.32. The van der Waals surface area contributed by atoms with Gasteiger partial charge < -0.3 is 9.53 Å². The smallest absolute Gasteiger partial charge is 0.192 e. The summed E-state index contributed by atoms with van der Waals surface area (Å²) in [7, 11) is -3.20. The van der Waals surface area contributed by atoms with Gasteiger partial charge in [0.1, 0.15) is 8.07 Å². The maximum atomic E-state index is 9.87. The molecule has 0 radical (unpaired) electrons. The molecule has 0 spiro atoms. The van der Waals surface area contributed by atoms with E-state index < -0.39 is 22.5 Å². The van der Waals surface area contributed by atoms with E-state index in [-0.39, 0.29) is 11.1 Å². The number of aliphatic hydroxyl groups is 1. The molecule has 0 aliphatic rings. The van der Waals surface area contributed by atoms with Gasteiger partial charge in [-0.25, -0.2) is 0 Å². The molecule has 21 heavy (non-hydrogen) atoms. The molecule has 1 N–H and O–H groups in total. The third-order valence-electron chi connectivity index (χ3n) is 3.84. The van der Waals surface area contributed by atoms with E-state index in [1.165, 1.54) is 0 Å². The van der Waals surface area contributed by atoms with Gasteiger partial charge in [-0.05, 0) is 18.1 Å². The van der Waals surface area contributed by atoms with Crippen LogP contribution in [0.4, 0.5) is 0 Å². The summed E-state index contributed by atoms with van der Waals surface area (Å²) in [6.45, 7) is 21.5. The van der Waals surface area contributed by atoms with E-state index in [4.69, 9.17) is 4.43 Å². The van der Waals surface area contributed by atoms with Gasteiger partial charge in [0, 0.05) is 12.8 Å². The monoisotopic (exact) mass is 326 g/mol. The van der Waals surface area contributed by atoms with Gasteiger partial charge in [0.25, 0.3) is 0 Å². The third kappa shape index (κ3) is 8.62. The first kappa shape index (κ1) is 20.7. The Balaban J connectivity index is 4.98. The Labute approximate surface area is 134 Å². The van der Waals surface area contributed by atoms with Crippen LogP contribution in [0.5, 0.6) is 0 Å². The highest BCUT2D eigenvalue weighted by atomic mass is 28.4. The lowest BCUT2D eigenvalue weighted by Gasteiger charge is -2.39. The molecule has 2 atom stereocenters. The summed E-state index contributed by atoms with van der Waals surface area (Å²) < 4.78 is 6.43. The molecule has 0 heterocycles. The maximum Gasteiger partial charge on any atom is 0.192 e. The van der Waals surface area contributed by atoms with Crippen LogP contribution < -0.4 is 0 Å². The molecule has 0 aliphatic carbocycles. The van der Waals surface area contributed by atoms with Gasteiger partial charge in [-0.1, -0.05) is 46.5 Å². The minimum Gasteiger partial charge on any atom is -0.413 e. The normalized spacial score (nSPS) is 15.9. The van der Waals surface area contributed by atoms with Crippen LogP contribution in [0.3, 0.4) is 0 Å². The molecule has 2 nitrogen and oxygen atoms in total. The van der Waals surface area contributed by atoms with Gasteiger partial charge in [0.05, 0.1) is 12.2 Å². The predicted octanol–water partition coefficient (Wildman–Crippen LogP) is 4.58. The molecule has 0 aromatic rings. The van der Waals surface area contributed by atoms with Gasteiger partial charge >= 0.3 is 0 Å². The average molecular weight is 327 g/mol. The molecule has 0 bridgehead atoms. The first-order valence-corrected chi connectivity index (χ1v) is 14.2. The Morgan fingerprint density at radius 1 is 1.19 bits per heavy atom. The Hall–Kier alpha value is -0.346. The molecule has 0 aromatic carbocycles. The Morgan fingerprint density at radius 2 is 1.71 bits per heavy atom. The SMILES string of the molecule is C=C[C@H](O)C[C@H](CC#C[Si](C)(C)C)O[Si](C)(C)C(C)(C)C. The lowest BCUT2D eigenvalue weighted by molar-refractivity contribution is 0.113. The van der Waals surface area contributed by atoms with Crippen LogP contribution in [-0.2, 0) is 4.43 Å². The standard InChI is InChI=1S/C17H34O2Si2/c1-10-15(18)14-16(12-11-13-20(5,6)7)19-21(8,9)17(2,3)4/h10,15-16,18H,1,12,14H2,2-9H3/t15-,16-/m0/s1. The molecule has 0 rings (SSSR count). The maximum absolute atomic E-state index is 9.87. The van der Waals surface area contributed by atoms with E-state index in [9.17, 15) is 5.11 Å². The number of hydrogen-bond acceptors (Lipinski definition) is 2. The lowest BCUT2D eigenvalue weighted by atomic mass is 10.1. The summed E-state index contributed by atoms with van der Waals surface area (Å²) in [5.74, 6) is 3.29. The first-order valence-electron chi connectivity index (χ1n) is 7.77. The summed E-state index contributed by atoms with van der Waals surface area (Å²) in [4.78, 5) is 0. The minimum atomic E-state index is -1.85. The number of rotatable bonds is 6. The van der Waals surface area contributed by atoms with E-state index in [0.29, 0.717) is 12.8 Å². The molecular weight excluding hydrogens is 292 g/mol. The summed E-state index contributed by atoms with van der Waals surface area (Å²) in [5.41, 5.74) is 3.38. The van der Waals surface area contributed by atoms with Crippen molar-refractivity contribution in [3.63, 3.8) is 0 Å². The molecule has 4 heteroatoms. The topological polar surface area (TPSA) is 29.5 Å². The van der Waals surface area contributed by atoms with E-state index >= 15 is 0 Å². The van der Waals surface area contributed by atoms with Crippen molar-refractivity contribution in [1.82, 2.24) is 0 Å².